The van der Waals surface area contributed by atoms with Crippen LogP contribution in [0.1, 0.15) is 30.9 Å². The van der Waals surface area contributed by atoms with Crippen LogP contribution in [0.4, 0.5) is 0 Å². The summed E-state index contributed by atoms with van der Waals surface area (Å²) in [5.41, 5.74) is 2.82. The number of benzene rings is 1. The van der Waals surface area contributed by atoms with Crippen molar-refractivity contribution in [2.24, 2.45) is 0 Å². The van der Waals surface area contributed by atoms with Crippen molar-refractivity contribution in [1.82, 2.24) is 4.90 Å². The number of carbonyl (C=O) groups is 1. The van der Waals surface area contributed by atoms with Crippen molar-refractivity contribution in [2.75, 3.05) is 19.7 Å². The molecular formula is C16H23NO3. The van der Waals surface area contributed by atoms with E-state index in [1.165, 1.54) is 11.1 Å². The lowest BCUT2D eigenvalue weighted by Crippen LogP contribution is -2.37. The average molecular weight is 277 g/mol. The van der Waals surface area contributed by atoms with Crippen LogP contribution < -0.4 is 0 Å². The molecule has 0 aliphatic carbocycles. The van der Waals surface area contributed by atoms with Gasteiger partial charge in [-0.25, -0.2) is 4.79 Å². The van der Waals surface area contributed by atoms with Crippen LogP contribution in [0.3, 0.4) is 0 Å². The number of piperidine rings is 1. The molecule has 0 radical (unpaired) electrons. The maximum atomic E-state index is 10.5. The van der Waals surface area contributed by atoms with Gasteiger partial charge >= 0.3 is 5.97 Å². The zero-order valence-electron chi connectivity index (χ0n) is 12.0. The number of likely N-dealkylation sites (tertiary alicyclic amines) is 1. The van der Waals surface area contributed by atoms with E-state index in [9.17, 15) is 4.79 Å². The van der Waals surface area contributed by atoms with Crippen LogP contribution in [-0.4, -0.2) is 41.8 Å². The van der Waals surface area contributed by atoms with Crippen molar-refractivity contribution in [3.63, 3.8) is 0 Å². The van der Waals surface area contributed by atoms with Gasteiger partial charge in [-0.3, -0.25) is 4.90 Å². The zero-order valence-corrected chi connectivity index (χ0v) is 12.0. The Morgan fingerprint density at radius 1 is 1.30 bits per heavy atom. The number of aryl methyl sites for hydroxylation is 1. The van der Waals surface area contributed by atoms with Gasteiger partial charge in [-0.2, -0.15) is 0 Å². The largest absolute Gasteiger partial charge is 0.480 e. The average Bonchev–Trinajstić information content (AvgIpc) is 2.47. The minimum absolute atomic E-state index is 0.101. The van der Waals surface area contributed by atoms with Crippen LogP contribution in [0.25, 0.3) is 0 Å². The molecule has 0 spiro atoms. The van der Waals surface area contributed by atoms with E-state index in [0.29, 0.717) is 0 Å². The number of hydrogen-bond acceptors (Lipinski definition) is 3. The lowest BCUT2D eigenvalue weighted by atomic mass is 10.0. The van der Waals surface area contributed by atoms with Gasteiger partial charge in [0.25, 0.3) is 0 Å². The summed E-state index contributed by atoms with van der Waals surface area (Å²) in [7, 11) is 0. The summed E-state index contributed by atoms with van der Waals surface area (Å²) >= 11 is 0. The van der Waals surface area contributed by atoms with Gasteiger partial charge in [0, 0.05) is 19.6 Å². The monoisotopic (exact) mass is 277 g/mol. The Hall–Kier alpha value is -1.39. The summed E-state index contributed by atoms with van der Waals surface area (Å²) < 4.78 is 5.36. The van der Waals surface area contributed by atoms with E-state index in [-0.39, 0.29) is 12.7 Å². The first-order valence-corrected chi connectivity index (χ1v) is 7.31. The molecule has 0 aromatic heterocycles. The Morgan fingerprint density at radius 2 is 1.95 bits per heavy atom. The highest BCUT2D eigenvalue weighted by Gasteiger charge is 2.20. The highest BCUT2D eigenvalue weighted by molar-refractivity contribution is 5.68. The van der Waals surface area contributed by atoms with Crippen LogP contribution in [-0.2, 0) is 22.5 Å². The summed E-state index contributed by atoms with van der Waals surface area (Å²) in [4.78, 5) is 12.9. The van der Waals surface area contributed by atoms with Crippen LogP contribution in [0.2, 0.25) is 0 Å². The van der Waals surface area contributed by atoms with E-state index in [4.69, 9.17) is 9.84 Å². The number of aliphatic carboxylic acids is 1. The van der Waals surface area contributed by atoms with E-state index < -0.39 is 5.97 Å². The lowest BCUT2D eigenvalue weighted by Gasteiger charge is -2.32. The number of hydrogen-bond donors (Lipinski definition) is 1. The van der Waals surface area contributed by atoms with Gasteiger partial charge in [0.05, 0.1) is 6.10 Å². The van der Waals surface area contributed by atoms with Gasteiger partial charge in [-0.05, 0) is 30.4 Å². The number of carboxylic acids is 1. The molecule has 1 aliphatic heterocycles. The highest BCUT2D eigenvalue weighted by atomic mass is 16.5. The Balaban J connectivity index is 1.81. The third kappa shape index (κ3) is 4.32. The van der Waals surface area contributed by atoms with Gasteiger partial charge in [0.15, 0.2) is 0 Å². The van der Waals surface area contributed by atoms with Crippen LogP contribution >= 0.6 is 0 Å². The SMILES string of the molecule is CCc1ccccc1CN1CCC(OCC(=O)O)CC1. The van der Waals surface area contributed by atoms with Crippen molar-refractivity contribution >= 4 is 5.97 Å². The first-order chi connectivity index (χ1) is 9.69. The number of rotatable bonds is 6. The number of carboxylic acid groups (broad SMARTS) is 1. The molecule has 0 bridgehead atoms. The predicted molar refractivity (Wildman–Crippen MR) is 77.7 cm³/mol. The molecule has 1 aromatic carbocycles. The third-order valence-electron chi connectivity index (χ3n) is 3.87. The van der Waals surface area contributed by atoms with Gasteiger partial charge in [0.2, 0.25) is 0 Å². The van der Waals surface area contributed by atoms with Crippen molar-refractivity contribution in [3.05, 3.63) is 35.4 Å². The van der Waals surface area contributed by atoms with Gasteiger partial charge in [-0.1, -0.05) is 31.2 Å². The summed E-state index contributed by atoms with van der Waals surface area (Å²) in [6.07, 6.45) is 3.00. The topological polar surface area (TPSA) is 49.8 Å². The fourth-order valence-corrected chi connectivity index (χ4v) is 2.72. The number of ether oxygens (including phenoxy) is 1. The molecule has 4 heteroatoms. The maximum absolute atomic E-state index is 10.5. The molecule has 4 nitrogen and oxygen atoms in total. The van der Waals surface area contributed by atoms with E-state index >= 15 is 0 Å². The fourth-order valence-electron chi connectivity index (χ4n) is 2.72. The molecule has 1 aromatic rings. The molecule has 0 saturated carbocycles. The second-order valence-electron chi connectivity index (χ2n) is 5.30. The fraction of sp³-hybridized carbons (Fsp3) is 0.562. The Bertz CT molecular complexity index is 439. The Morgan fingerprint density at radius 3 is 2.55 bits per heavy atom. The number of nitrogens with zero attached hydrogens (tertiary/aromatic N) is 1. The molecule has 1 heterocycles. The normalized spacial score (nSPS) is 17.2. The van der Waals surface area contributed by atoms with Crippen LogP contribution in [0, 0.1) is 0 Å². The zero-order chi connectivity index (χ0) is 14.4. The van der Waals surface area contributed by atoms with Crippen molar-refractivity contribution in [2.45, 2.75) is 38.8 Å². The lowest BCUT2D eigenvalue weighted by molar-refractivity contribution is -0.145. The molecule has 20 heavy (non-hydrogen) atoms. The van der Waals surface area contributed by atoms with E-state index in [1.807, 2.05) is 0 Å². The summed E-state index contributed by atoms with van der Waals surface area (Å²) in [5, 5.41) is 8.61. The molecule has 0 amide bonds. The smallest absolute Gasteiger partial charge is 0.329 e. The van der Waals surface area contributed by atoms with E-state index in [2.05, 4.69) is 36.1 Å². The molecule has 1 fully saturated rings. The first kappa shape index (κ1) is 15.0. The molecule has 1 N–H and O–H groups in total. The van der Waals surface area contributed by atoms with Crippen molar-refractivity contribution in [3.8, 4) is 0 Å². The second kappa shape index (κ2) is 7.41. The first-order valence-electron chi connectivity index (χ1n) is 7.31. The standard InChI is InChI=1S/C16H23NO3/c1-2-13-5-3-4-6-14(13)11-17-9-7-15(8-10-17)20-12-16(18)19/h3-6,15H,2,7-12H2,1H3,(H,18,19). The van der Waals surface area contributed by atoms with Crippen LogP contribution in [0.5, 0.6) is 0 Å². The van der Waals surface area contributed by atoms with Crippen molar-refractivity contribution in [1.29, 1.82) is 0 Å². The van der Waals surface area contributed by atoms with E-state index in [1.54, 1.807) is 0 Å². The van der Waals surface area contributed by atoms with Crippen LogP contribution in [0.15, 0.2) is 24.3 Å². The minimum atomic E-state index is -0.885. The minimum Gasteiger partial charge on any atom is -0.480 e. The molecule has 0 atom stereocenters. The molecule has 110 valence electrons. The molecule has 1 saturated heterocycles. The summed E-state index contributed by atoms with van der Waals surface area (Å²) in [6, 6.07) is 8.58. The summed E-state index contributed by atoms with van der Waals surface area (Å²) in [6.45, 7) is 4.94. The third-order valence-corrected chi connectivity index (χ3v) is 3.87. The second-order valence-corrected chi connectivity index (χ2v) is 5.30. The van der Waals surface area contributed by atoms with Gasteiger partial charge in [-0.15, -0.1) is 0 Å². The Labute approximate surface area is 120 Å². The quantitative estimate of drug-likeness (QED) is 0.867. The molecule has 2 rings (SSSR count). The molecule has 1 aliphatic rings. The van der Waals surface area contributed by atoms with Crippen molar-refractivity contribution < 1.29 is 14.6 Å². The summed E-state index contributed by atoms with van der Waals surface area (Å²) in [5.74, 6) is -0.885. The molecular weight excluding hydrogens is 254 g/mol. The predicted octanol–water partition coefficient (Wildman–Crippen LogP) is 2.31. The van der Waals surface area contributed by atoms with Gasteiger partial charge < -0.3 is 9.84 Å². The molecule has 0 unspecified atom stereocenters. The van der Waals surface area contributed by atoms with Gasteiger partial charge in [0.1, 0.15) is 6.61 Å². The Kier molecular flexibility index (Phi) is 5.56. The highest BCUT2D eigenvalue weighted by Crippen LogP contribution is 2.18. The van der Waals surface area contributed by atoms with E-state index in [0.717, 1.165) is 38.9 Å². The maximum Gasteiger partial charge on any atom is 0.329 e.